The second-order valence-corrected chi connectivity index (χ2v) is 7.94. The van der Waals surface area contributed by atoms with Crippen LogP contribution in [-0.4, -0.2) is 40.1 Å². The van der Waals surface area contributed by atoms with Crippen molar-refractivity contribution in [2.24, 2.45) is 0 Å². The van der Waals surface area contributed by atoms with Crippen molar-refractivity contribution in [3.8, 4) is 0 Å². The Balaban J connectivity index is 1.34. The van der Waals surface area contributed by atoms with Gasteiger partial charge in [0.05, 0.1) is 12.8 Å². The van der Waals surface area contributed by atoms with Gasteiger partial charge in [0, 0.05) is 24.7 Å². The van der Waals surface area contributed by atoms with Gasteiger partial charge in [-0.2, -0.15) is 0 Å². The van der Waals surface area contributed by atoms with Gasteiger partial charge in [-0.05, 0) is 49.2 Å². The van der Waals surface area contributed by atoms with Crippen molar-refractivity contribution in [3.63, 3.8) is 0 Å². The molecule has 1 aromatic carbocycles. The summed E-state index contributed by atoms with van der Waals surface area (Å²) < 4.78 is 18.2. The van der Waals surface area contributed by atoms with Gasteiger partial charge in [-0.3, -0.25) is 4.79 Å². The Morgan fingerprint density at radius 3 is 2.83 bits per heavy atom. The molecule has 2 aromatic heterocycles. The second kappa shape index (κ2) is 9.04. The molecule has 8 nitrogen and oxygen atoms in total. The van der Waals surface area contributed by atoms with Crippen LogP contribution in [0.5, 0.6) is 0 Å². The summed E-state index contributed by atoms with van der Waals surface area (Å²) in [7, 11) is 0. The molecule has 1 atom stereocenters. The minimum Gasteiger partial charge on any atom is -0.467 e. The molecule has 3 amide bonds. The zero-order valence-electron chi connectivity index (χ0n) is 16.0. The van der Waals surface area contributed by atoms with E-state index in [1.807, 2.05) is 0 Å². The van der Waals surface area contributed by atoms with E-state index in [4.69, 9.17) is 4.42 Å². The molecule has 1 saturated heterocycles. The largest absolute Gasteiger partial charge is 0.467 e. The van der Waals surface area contributed by atoms with E-state index in [0.29, 0.717) is 31.1 Å². The molecule has 1 aliphatic heterocycles. The van der Waals surface area contributed by atoms with Crippen molar-refractivity contribution >= 4 is 29.0 Å². The first-order valence-electron chi connectivity index (χ1n) is 9.54. The molecule has 2 N–H and O–H groups in total. The lowest BCUT2D eigenvalue weighted by atomic mass is 9.99. The highest BCUT2D eigenvalue weighted by Gasteiger charge is 2.28. The van der Waals surface area contributed by atoms with E-state index >= 15 is 0 Å². The molecule has 1 fully saturated rings. The van der Waals surface area contributed by atoms with E-state index in [0.717, 1.165) is 17.8 Å². The molecule has 156 valence electrons. The van der Waals surface area contributed by atoms with E-state index in [-0.39, 0.29) is 22.8 Å². The zero-order chi connectivity index (χ0) is 20.9. The SMILES string of the molecule is O=C(Nc1ccc(F)cc1)c1nnc([C@@H]2CCCN(C(=O)NCc3ccco3)C2)s1. The lowest BCUT2D eigenvalue weighted by Gasteiger charge is -2.31. The number of likely N-dealkylation sites (tertiary alicyclic amines) is 1. The van der Waals surface area contributed by atoms with Crippen LogP contribution in [0.1, 0.15) is 39.3 Å². The molecular weight excluding hydrogens is 409 g/mol. The summed E-state index contributed by atoms with van der Waals surface area (Å²) in [5.41, 5.74) is 0.482. The number of hydrogen-bond acceptors (Lipinski definition) is 6. The van der Waals surface area contributed by atoms with Crippen LogP contribution in [0.4, 0.5) is 14.9 Å². The van der Waals surface area contributed by atoms with E-state index in [1.165, 1.54) is 35.6 Å². The summed E-state index contributed by atoms with van der Waals surface area (Å²) in [5, 5.41) is 14.7. The first kappa shape index (κ1) is 20.0. The van der Waals surface area contributed by atoms with Crippen LogP contribution in [0.25, 0.3) is 0 Å². The van der Waals surface area contributed by atoms with Crippen LogP contribution in [0.3, 0.4) is 0 Å². The van der Waals surface area contributed by atoms with Crippen molar-refractivity contribution in [1.29, 1.82) is 0 Å². The number of furan rings is 1. The maximum absolute atomic E-state index is 13.0. The molecule has 3 heterocycles. The van der Waals surface area contributed by atoms with Crippen LogP contribution in [0.2, 0.25) is 0 Å². The second-order valence-electron chi connectivity index (χ2n) is 6.93. The van der Waals surface area contributed by atoms with Crippen LogP contribution < -0.4 is 10.6 Å². The van der Waals surface area contributed by atoms with Crippen molar-refractivity contribution in [2.75, 3.05) is 18.4 Å². The quantitative estimate of drug-likeness (QED) is 0.645. The Hall–Kier alpha value is -3.27. The first-order chi connectivity index (χ1) is 14.6. The number of nitrogens with zero attached hydrogens (tertiary/aromatic N) is 3. The molecule has 4 rings (SSSR count). The predicted octanol–water partition coefficient (Wildman–Crippen LogP) is 3.61. The summed E-state index contributed by atoms with van der Waals surface area (Å²) in [6.07, 6.45) is 3.28. The monoisotopic (exact) mass is 429 g/mol. The zero-order valence-corrected chi connectivity index (χ0v) is 16.8. The summed E-state index contributed by atoms with van der Waals surface area (Å²) in [4.78, 5) is 26.6. The van der Waals surface area contributed by atoms with Crippen LogP contribution in [0.15, 0.2) is 47.1 Å². The number of aromatic nitrogens is 2. The van der Waals surface area contributed by atoms with Gasteiger partial charge in [0.2, 0.25) is 5.01 Å². The molecule has 0 radical (unpaired) electrons. The number of nitrogens with one attached hydrogen (secondary N) is 2. The molecule has 0 unspecified atom stereocenters. The van der Waals surface area contributed by atoms with E-state index in [1.54, 1.807) is 23.3 Å². The topological polar surface area (TPSA) is 100 Å². The van der Waals surface area contributed by atoms with Crippen LogP contribution >= 0.6 is 11.3 Å². The number of urea groups is 1. The highest BCUT2D eigenvalue weighted by atomic mass is 32.1. The number of hydrogen-bond donors (Lipinski definition) is 2. The van der Waals surface area contributed by atoms with E-state index in [9.17, 15) is 14.0 Å². The Morgan fingerprint density at radius 2 is 2.07 bits per heavy atom. The van der Waals surface area contributed by atoms with Crippen molar-refractivity contribution in [3.05, 3.63) is 64.3 Å². The summed E-state index contributed by atoms with van der Waals surface area (Å²) in [6, 6.07) is 8.93. The predicted molar refractivity (Wildman–Crippen MR) is 109 cm³/mol. The number of halogens is 1. The smallest absolute Gasteiger partial charge is 0.317 e. The molecule has 0 spiro atoms. The molecular formula is C20H20FN5O3S. The van der Waals surface area contributed by atoms with Crippen LogP contribution in [0, 0.1) is 5.82 Å². The lowest BCUT2D eigenvalue weighted by Crippen LogP contribution is -2.44. The fourth-order valence-corrected chi connectivity index (χ4v) is 4.12. The molecule has 0 aliphatic carbocycles. The van der Waals surface area contributed by atoms with Crippen LogP contribution in [-0.2, 0) is 6.54 Å². The van der Waals surface area contributed by atoms with E-state index < -0.39 is 5.91 Å². The molecule has 30 heavy (non-hydrogen) atoms. The number of piperidine rings is 1. The molecule has 0 bridgehead atoms. The average Bonchev–Trinajstić information content (AvgIpc) is 3.46. The van der Waals surface area contributed by atoms with Gasteiger partial charge < -0.3 is 20.0 Å². The number of rotatable bonds is 5. The fraction of sp³-hybridized carbons (Fsp3) is 0.300. The Bertz CT molecular complexity index is 1010. The van der Waals surface area contributed by atoms with E-state index in [2.05, 4.69) is 20.8 Å². The number of anilines is 1. The third kappa shape index (κ3) is 4.82. The Morgan fingerprint density at radius 1 is 1.23 bits per heavy atom. The third-order valence-electron chi connectivity index (χ3n) is 4.79. The molecule has 1 aliphatic rings. The normalized spacial score (nSPS) is 16.3. The van der Waals surface area contributed by atoms with Gasteiger partial charge in [-0.15, -0.1) is 10.2 Å². The third-order valence-corrected chi connectivity index (χ3v) is 5.87. The summed E-state index contributed by atoms with van der Waals surface area (Å²) >= 11 is 1.21. The Kier molecular flexibility index (Phi) is 6.03. The molecule has 10 heteroatoms. The average molecular weight is 429 g/mol. The van der Waals surface area contributed by atoms with Crippen molar-refractivity contribution in [2.45, 2.75) is 25.3 Å². The van der Waals surface area contributed by atoms with Gasteiger partial charge in [0.25, 0.3) is 5.91 Å². The highest BCUT2D eigenvalue weighted by Crippen LogP contribution is 2.29. The minimum absolute atomic E-state index is 0.0259. The van der Waals surface area contributed by atoms with Crippen molar-refractivity contribution < 1.29 is 18.4 Å². The number of benzene rings is 1. The number of amides is 3. The van der Waals surface area contributed by atoms with Crippen molar-refractivity contribution in [1.82, 2.24) is 20.4 Å². The summed E-state index contributed by atoms with van der Waals surface area (Å²) in [5.74, 6) is -0.0497. The standard InChI is InChI=1S/C20H20FN5O3S/c21-14-5-7-15(8-6-14)23-17(27)19-25-24-18(30-19)13-3-1-9-26(12-13)20(28)22-11-16-4-2-10-29-16/h2,4-8,10,13H,1,3,9,11-12H2,(H,22,28)(H,23,27)/t13-/m1/s1. The van der Waals surface area contributed by atoms with Gasteiger partial charge in [-0.1, -0.05) is 11.3 Å². The van der Waals surface area contributed by atoms with Gasteiger partial charge >= 0.3 is 6.03 Å². The number of carbonyl (C=O) groups is 2. The maximum Gasteiger partial charge on any atom is 0.317 e. The first-order valence-corrected chi connectivity index (χ1v) is 10.4. The highest BCUT2D eigenvalue weighted by molar-refractivity contribution is 7.13. The fourth-order valence-electron chi connectivity index (χ4n) is 3.26. The maximum atomic E-state index is 13.0. The van der Waals surface area contributed by atoms with Gasteiger partial charge in [0.15, 0.2) is 0 Å². The molecule has 3 aromatic rings. The molecule has 0 saturated carbocycles. The number of carbonyl (C=O) groups excluding carboxylic acids is 2. The minimum atomic E-state index is -0.394. The van der Waals surface area contributed by atoms with Gasteiger partial charge in [-0.25, -0.2) is 9.18 Å². The Labute approximate surface area is 176 Å². The van der Waals surface area contributed by atoms with Gasteiger partial charge in [0.1, 0.15) is 16.6 Å². The summed E-state index contributed by atoms with van der Waals surface area (Å²) in [6.45, 7) is 1.51. The lowest BCUT2D eigenvalue weighted by molar-refractivity contribution is 0.102.